The summed E-state index contributed by atoms with van der Waals surface area (Å²) in [5.74, 6) is 0.335. The number of rotatable bonds is 1. The Hall–Kier alpha value is -1.43. The number of ether oxygens (including phenoxy) is 1. The zero-order valence-corrected chi connectivity index (χ0v) is 9.78. The molecule has 6 heteroatoms. The Bertz CT molecular complexity index is 535. The molecule has 0 aliphatic rings. The summed E-state index contributed by atoms with van der Waals surface area (Å²) in [6.45, 7) is 1.81. The van der Waals surface area contributed by atoms with Gasteiger partial charge < -0.3 is 4.74 Å². The van der Waals surface area contributed by atoms with Gasteiger partial charge in [-0.2, -0.15) is 0 Å². The fourth-order valence-corrected chi connectivity index (χ4v) is 1.81. The van der Waals surface area contributed by atoms with Crippen molar-refractivity contribution in [2.75, 3.05) is 7.11 Å². The van der Waals surface area contributed by atoms with Gasteiger partial charge in [0.25, 0.3) is 0 Å². The van der Waals surface area contributed by atoms with Gasteiger partial charge in [-0.3, -0.25) is 4.40 Å². The van der Waals surface area contributed by atoms with E-state index in [1.54, 1.807) is 16.7 Å². The number of carbonyl (C=O) groups is 1. The van der Waals surface area contributed by atoms with Crippen molar-refractivity contribution in [2.24, 2.45) is 0 Å². The number of methoxy groups -OCH3 is 1. The van der Waals surface area contributed by atoms with Gasteiger partial charge in [-0.15, -0.1) is 10.2 Å². The predicted molar refractivity (Wildman–Crippen MR) is 56.8 cm³/mol. The minimum Gasteiger partial charge on any atom is -0.465 e. The molecule has 0 atom stereocenters. The lowest BCUT2D eigenvalue weighted by atomic mass is 10.3. The second-order valence-corrected chi connectivity index (χ2v) is 3.86. The molecule has 0 radical (unpaired) electrons. The van der Waals surface area contributed by atoms with Crippen molar-refractivity contribution in [3.05, 3.63) is 28.1 Å². The van der Waals surface area contributed by atoms with E-state index < -0.39 is 0 Å². The highest BCUT2D eigenvalue weighted by Gasteiger charge is 2.11. The Morgan fingerprint density at radius 3 is 2.93 bits per heavy atom. The molecule has 0 saturated carbocycles. The maximum absolute atomic E-state index is 11.3. The summed E-state index contributed by atoms with van der Waals surface area (Å²) >= 11 is 3.33. The normalized spacial score (nSPS) is 10.6. The van der Waals surface area contributed by atoms with Gasteiger partial charge >= 0.3 is 5.97 Å². The van der Waals surface area contributed by atoms with Gasteiger partial charge in [0, 0.05) is 6.20 Å². The summed E-state index contributed by atoms with van der Waals surface area (Å²) in [5.41, 5.74) is 1.14. The smallest absolute Gasteiger partial charge is 0.339 e. The number of pyridine rings is 1. The van der Waals surface area contributed by atoms with Gasteiger partial charge in [0.15, 0.2) is 5.65 Å². The molecule has 0 aliphatic carbocycles. The molecule has 5 nitrogen and oxygen atoms in total. The monoisotopic (exact) mass is 269 g/mol. The van der Waals surface area contributed by atoms with E-state index in [0.29, 0.717) is 15.7 Å². The molecule has 2 heterocycles. The quantitative estimate of drug-likeness (QED) is 0.738. The zero-order valence-electron chi connectivity index (χ0n) is 8.19. The number of esters is 1. The molecule has 78 valence electrons. The van der Waals surface area contributed by atoms with Gasteiger partial charge in [0.05, 0.1) is 17.1 Å². The van der Waals surface area contributed by atoms with E-state index in [9.17, 15) is 4.79 Å². The van der Waals surface area contributed by atoms with Crippen molar-refractivity contribution < 1.29 is 9.53 Å². The molecule has 0 fully saturated rings. The fraction of sp³-hybridized carbons (Fsp3) is 0.222. The lowest BCUT2D eigenvalue weighted by Gasteiger charge is -2.02. The molecule has 0 saturated heterocycles. The Labute approximate surface area is 94.2 Å². The van der Waals surface area contributed by atoms with Crippen molar-refractivity contribution >= 4 is 27.5 Å². The minimum absolute atomic E-state index is 0.384. The highest BCUT2D eigenvalue weighted by Crippen LogP contribution is 2.19. The van der Waals surface area contributed by atoms with E-state index in [4.69, 9.17) is 0 Å². The summed E-state index contributed by atoms with van der Waals surface area (Å²) in [6.07, 6.45) is 1.65. The number of aromatic nitrogens is 3. The first kappa shape index (κ1) is 10.1. The van der Waals surface area contributed by atoms with Gasteiger partial charge in [-0.1, -0.05) is 0 Å². The molecule has 0 bridgehead atoms. The third-order valence-corrected chi connectivity index (χ3v) is 2.63. The van der Waals surface area contributed by atoms with Crippen LogP contribution < -0.4 is 0 Å². The van der Waals surface area contributed by atoms with Gasteiger partial charge in [0.2, 0.25) is 0 Å². The predicted octanol–water partition coefficient (Wildman–Crippen LogP) is 1.59. The topological polar surface area (TPSA) is 56.5 Å². The second kappa shape index (κ2) is 3.62. The lowest BCUT2D eigenvalue weighted by molar-refractivity contribution is 0.0600. The molecule has 0 N–H and O–H groups in total. The Balaban J connectivity index is 2.70. The van der Waals surface area contributed by atoms with Crippen LogP contribution >= 0.6 is 15.9 Å². The number of hydrogen-bond acceptors (Lipinski definition) is 4. The maximum atomic E-state index is 11.3. The van der Waals surface area contributed by atoms with Crippen LogP contribution in [0, 0.1) is 6.92 Å². The number of fused-ring (bicyclic) bond motifs is 1. The largest absolute Gasteiger partial charge is 0.465 e. The van der Waals surface area contributed by atoms with Gasteiger partial charge in [-0.25, -0.2) is 4.79 Å². The molecule has 0 unspecified atom stereocenters. The number of nitrogens with zero attached hydrogens (tertiary/aromatic N) is 3. The number of halogens is 1. The molecule has 2 aromatic heterocycles. The minimum atomic E-state index is -0.384. The molecule has 15 heavy (non-hydrogen) atoms. The fourth-order valence-electron chi connectivity index (χ4n) is 1.29. The Morgan fingerprint density at radius 2 is 2.27 bits per heavy atom. The van der Waals surface area contributed by atoms with Crippen LogP contribution in [-0.2, 0) is 4.74 Å². The van der Waals surface area contributed by atoms with Crippen molar-refractivity contribution in [2.45, 2.75) is 6.92 Å². The highest BCUT2D eigenvalue weighted by molar-refractivity contribution is 9.10. The van der Waals surface area contributed by atoms with E-state index in [0.717, 1.165) is 5.82 Å². The standard InChI is InChI=1S/C9H8BrN3O2/c1-5-11-12-8-7(10)3-6(4-13(5)8)9(14)15-2/h3-4H,1-2H3. The average molecular weight is 270 g/mol. The third kappa shape index (κ3) is 1.61. The van der Waals surface area contributed by atoms with Crippen molar-refractivity contribution in [3.63, 3.8) is 0 Å². The van der Waals surface area contributed by atoms with Crippen molar-refractivity contribution in [1.82, 2.24) is 14.6 Å². The van der Waals surface area contributed by atoms with Crippen LogP contribution in [-0.4, -0.2) is 27.7 Å². The van der Waals surface area contributed by atoms with Crippen LogP contribution in [0.15, 0.2) is 16.7 Å². The van der Waals surface area contributed by atoms with Crippen molar-refractivity contribution in [1.29, 1.82) is 0 Å². The van der Waals surface area contributed by atoms with E-state index >= 15 is 0 Å². The van der Waals surface area contributed by atoms with Gasteiger partial charge in [0.1, 0.15) is 5.82 Å². The molecular formula is C9H8BrN3O2. The highest BCUT2D eigenvalue weighted by atomic mass is 79.9. The molecule has 0 aliphatic heterocycles. The van der Waals surface area contributed by atoms with E-state index in [1.165, 1.54) is 7.11 Å². The van der Waals surface area contributed by atoms with Crippen molar-refractivity contribution in [3.8, 4) is 0 Å². The van der Waals surface area contributed by atoms with Crippen LogP contribution in [0.25, 0.3) is 5.65 Å². The first-order chi connectivity index (χ1) is 7.13. The van der Waals surface area contributed by atoms with E-state index in [1.807, 2.05) is 6.92 Å². The zero-order chi connectivity index (χ0) is 11.0. The lowest BCUT2D eigenvalue weighted by Crippen LogP contribution is -2.03. The first-order valence-corrected chi connectivity index (χ1v) is 5.02. The summed E-state index contributed by atoms with van der Waals surface area (Å²) in [7, 11) is 1.35. The molecule has 0 aromatic carbocycles. The van der Waals surface area contributed by atoms with E-state index in [-0.39, 0.29) is 5.97 Å². The Kier molecular flexibility index (Phi) is 2.44. The third-order valence-electron chi connectivity index (χ3n) is 2.05. The molecule has 0 spiro atoms. The van der Waals surface area contributed by atoms with Crippen LogP contribution in [0.4, 0.5) is 0 Å². The van der Waals surface area contributed by atoms with Crippen LogP contribution in [0.2, 0.25) is 0 Å². The number of hydrogen-bond donors (Lipinski definition) is 0. The summed E-state index contributed by atoms with van der Waals surface area (Å²) in [6, 6.07) is 1.66. The number of carbonyl (C=O) groups excluding carboxylic acids is 1. The maximum Gasteiger partial charge on any atom is 0.339 e. The van der Waals surface area contributed by atoms with Crippen LogP contribution in [0.3, 0.4) is 0 Å². The summed E-state index contributed by atoms with van der Waals surface area (Å²) < 4.78 is 7.09. The summed E-state index contributed by atoms with van der Waals surface area (Å²) in [5, 5.41) is 7.87. The van der Waals surface area contributed by atoms with Crippen LogP contribution in [0.1, 0.15) is 16.2 Å². The summed E-state index contributed by atoms with van der Waals surface area (Å²) in [4.78, 5) is 11.3. The van der Waals surface area contributed by atoms with Gasteiger partial charge in [-0.05, 0) is 28.9 Å². The second-order valence-electron chi connectivity index (χ2n) is 3.01. The molecular weight excluding hydrogens is 262 g/mol. The molecule has 2 aromatic rings. The SMILES string of the molecule is COC(=O)c1cc(Br)c2nnc(C)n2c1. The molecule has 2 rings (SSSR count). The average Bonchev–Trinajstić information content (AvgIpc) is 2.60. The molecule has 0 amide bonds. The van der Waals surface area contributed by atoms with Crippen LogP contribution in [0.5, 0.6) is 0 Å². The first-order valence-electron chi connectivity index (χ1n) is 4.22. The van der Waals surface area contributed by atoms with E-state index in [2.05, 4.69) is 30.9 Å². The number of aryl methyl sites for hydroxylation is 1. The Morgan fingerprint density at radius 1 is 1.53 bits per heavy atom.